The summed E-state index contributed by atoms with van der Waals surface area (Å²) in [5, 5.41) is 0. The maximum atomic E-state index is 11.2. The van der Waals surface area contributed by atoms with Gasteiger partial charge in [0.2, 0.25) is 0 Å². The van der Waals surface area contributed by atoms with Crippen molar-refractivity contribution in [2.45, 2.75) is 70.8 Å². The first-order chi connectivity index (χ1) is 10.9. The van der Waals surface area contributed by atoms with E-state index < -0.39 is 7.87 Å². The van der Waals surface area contributed by atoms with Crippen molar-refractivity contribution in [1.82, 2.24) is 0 Å². The van der Waals surface area contributed by atoms with E-state index in [4.69, 9.17) is 24.7 Å². The Hall–Kier alpha value is -0.363. The number of unbranched alkanes of at least 4 members (excludes halogenated alkanes) is 8. The number of ether oxygens (including phenoxy) is 1. The van der Waals surface area contributed by atoms with E-state index in [9.17, 15) is 4.79 Å². The third-order valence-corrected chi connectivity index (χ3v) is 7.47. The average Bonchev–Trinajstić information content (AvgIpc) is 2.55. The highest BCUT2D eigenvalue weighted by Crippen LogP contribution is 2.21. The zero-order valence-electron chi connectivity index (χ0n) is 15.0. The molecule has 0 saturated carbocycles. The number of rotatable bonds is 15. The van der Waals surface area contributed by atoms with Crippen molar-refractivity contribution in [3.8, 4) is 0 Å². The van der Waals surface area contributed by atoms with Crippen LogP contribution >= 0.6 is 11.1 Å². The third-order valence-electron chi connectivity index (χ3n) is 3.81. The molecule has 0 aromatic heterocycles. The van der Waals surface area contributed by atoms with Gasteiger partial charge in [-0.1, -0.05) is 69.0 Å². The first kappa shape index (κ1) is 22.6. The Kier molecular flexibility index (Phi) is 13.8. The van der Waals surface area contributed by atoms with Crippen molar-refractivity contribution in [2.24, 2.45) is 0 Å². The molecule has 23 heavy (non-hydrogen) atoms. The Labute approximate surface area is 147 Å². The second kappa shape index (κ2) is 14.0. The van der Waals surface area contributed by atoms with Gasteiger partial charge >= 0.3 is 13.8 Å². The summed E-state index contributed by atoms with van der Waals surface area (Å²) in [6.45, 7) is 5.73. The Balaban J connectivity index is 3.28. The number of halogens is 1. The molecular formula is C17H33ClO4Si. The fourth-order valence-corrected chi connectivity index (χ4v) is 3.90. The van der Waals surface area contributed by atoms with Gasteiger partial charge in [-0.25, -0.2) is 4.79 Å². The summed E-state index contributed by atoms with van der Waals surface area (Å²) in [6, 6.07) is 0.852. The molecule has 6 heteroatoms. The molecule has 0 aliphatic heterocycles. The van der Waals surface area contributed by atoms with Crippen LogP contribution in [0.3, 0.4) is 0 Å². The SMILES string of the molecule is C=C(C)C(=O)OCCCCCCCCCCC[Si](Cl)(OC)OC. The summed E-state index contributed by atoms with van der Waals surface area (Å²) in [5.41, 5.74) is 0.468. The van der Waals surface area contributed by atoms with Crippen LogP contribution in [0.5, 0.6) is 0 Å². The Morgan fingerprint density at radius 1 is 0.913 bits per heavy atom. The summed E-state index contributed by atoms with van der Waals surface area (Å²) in [4.78, 5) is 11.2. The average molecular weight is 365 g/mol. The highest BCUT2D eigenvalue weighted by atomic mass is 35.6. The maximum absolute atomic E-state index is 11.2. The summed E-state index contributed by atoms with van der Waals surface area (Å²) >= 11 is 6.23. The van der Waals surface area contributed by atoms with Crippen LogP contribution in [0.1, 0.15) is 64.7 Å². The predicted molar refractivity (Wildman–Crippen MR) is 97.8 cm³/mol. The van der Waals surface area contributed by atoms with E-state index in [-0.39, 0.29) is 5.97 Å². The summed E-state index contributed by atoms with van der Waals surface area (Å²) in [5.74, 6) is -0.282. The van der Waals surface area contributed by atoms with E-state index in [0.29, 0.717) is 12.2 Å². The molecule has 0 fully saturated rings. The molecule has 0 amide bonds. The van der Waals surface area contributed by atoms with Gasteiger partial charge in [-0.2, -0.15) is 0 Å². The lowest BCUT2D eigenvalue weighted by Gasteiger charge is -2.19. The van der Waals surface area contributed by atoms with Crippen molar-refractivity contribution in [2.75, 3.05) is 20.8 Å². The van der Waals surface area contributed by atoms with Gasteiger partial charge < -0.3 is 13.6 Å². The molecule has 0 atom stereocenters. The van der Waals surface area contributed by atoms with Gasteiger partial charge in [0.05, 0.1) is 6.61 Å². The van der Waals surface area contributed by atoms with Crippen molar-refractivity contribution in [3.63, 3.8) is 0 Å². The van der Waals surface area contributed by atoms with Gasteiger partial charge in [0.25, 0.3) is 0 Å². The van der Waals surface area contributed by atoms with E-state index in [1.165, 1.54) is 38.5 Å². The van der Waals surface area contributed by atoms with Crippen LogP contribution in [0.2, 0.25) is 6.04 Å². The van der Waals surface area contributed by atoms with E-state index >= 15 is 0 Å². The fourth-order valence-electron chi connectivity index (χ4n) is 2.25. The molecule has 0 N–H and O–H groups in total. The molecule has 0 aromatic carbocycles. The van der Waals surface area contributed by atoms with E-state index in [1.54, 1.807) is 21.1 Å². The van der Waals surface area contributed by atoms with Crippen molar-refractivity contribution in [1.29, 1.82) is 0 Å². The molecule has 0 saturated heterocycles. The Bertz CT molecular complexity index is 333. The predicted octanol–water partition coefficient (Wildman–Crippen LogP) is 5.09. The van der Waals surface area contributed by atoms with Gasteiger partial charge in [-0.15, -0.1) is 0 Å². The fraction of sp³-hybridized carbons (Fsp3) is 0.824. The van der Waals surface area contributed by atoms with Crippen LogP contribution in [0.25, 0.3) is 0 Å². The molecule has 0 rings (SSSR count). The lowest BCUT2D eigenvalue weighted by atomic mass is 10.1. The van der Waals surface area contributed by atoms with Crippen molar-refractivity contribution < 1.29 is 18.4 Å². The summed E-state index contributed by atoms with van der Waals surface area (Å²) < 4.78 is 15.6. The molecule has 4 nitrogen and oxygen atoms in total. The van der Waals surface area contributed by atoms with Gasteiger partial charge in [0.1, 0.15) is 0 Å². The highest BCUT2D eigenvalue weighted by molar-refractivity contribution is 7.12. The van der Waals surface area contributed by atoms with Crippen LogP contribution in [-0.4, -0.2) is 34.7 Å². The minimum absolute atomic E-state index is 0.282. The molecular weight excluding hydrogens is 332 g/mol. The standard InChI is InChI=1S/C17H33ClO4Si/c1-16(2)17(19)22-14-12-10-8-6-5-7-9-11-13-15-23(18,20-3)21-4/h1,5-15H2,2-4H3. The van der Waals surface area contributed by atoms with Crippen LogP contribution in [-0.2, 0) is 18.4 Å². The van der Waals surface area contributed by atoms with Crippen LogP contribution < -0.4 is 0 Å². The lowest BCUT2D eigenvalue weighted by molar-refractivity contribution is -0.139. The maximum Gasteiger partial charge on any atom is 0.442 e. The zero-order valence-corrected chi connectivity index (χ0v) is 16.8. The Morgan fingerprint density at radius 2 is 1.35 bits per heavy atom. The van der Waals surface area contributed by atoms with Crippen LogP contribution in [0.15, 0.2) is 12.2 Å². The molecule has 0 unspecified atom stereocenters. The van der Waals surface area contributed by atoms with Crippen molar-refractivity contribution >= 4 is 24.9 Å². The van der Waals surface area contributed by atoms with Crippen LogP contribution in [0, 0.1) is 0 Å². The first-order valence-electron chi connectivity index (χ1n) is 8.57. The van der Waals surface area contributed by atoms with E-state index in [2.05, 4.69) is 6.58 Å². The number of esters is 1. The normalized spacial score (nSPS) is 11.5. The number of hydrogen-bond donors (Lipinski definition) is 0. The molecule has 0 spiro atoms. The zero-order chi connectivity index (χ0) is 17.6. The number of carbonyl (C=O) groups excluding carboxylic acids is 1. The number of hydrogen-bond acceptors (Lipinski definition) is 4. The smallest absolute Gasteiger partial charge is 0.442 e. The highest BCUT2D eigenvalue weighted by Gasteiger charge is 2.32. The topological polar surface area (TPSA) is 44.8 Å². The third kappa shape index (κ3) is 12.7. The largest absolute Gasteiger partial charge is 0.462 e. The second-order valence-corrected chi connectivity index (χ2v) is 10.3. The molecule has 0 aliphatic carbocycles. The molecule has 136 valence electrons. The van der Waals surface area contributed by atoms with Gasteiger partial charge in [0, 0.05) is 25.8 Å². The second-order valence-electron chi connectivity index (χ2n) is 5.92. The van der Waals surface area contributed by atoms with Crippen LogP contribution in [0.4, 0.5) is 0 Å². The molecule has 0 bridgehead atoms. The summed E-state index contributed by atoms with van der Waals surface area (Å²) in [7, 11) is 0.879. The quantitative estimate of drug-likeness (QED) is 0.133. The molecule has 0 aliphatic rings. The molecule has 0 aromatic rings. The Morgan fingerprint density at radius 3 is 1.78 bits per heavy atom. The summed E-state index contributed by atoms with van der Waals surface area (Å²) in [6.07, 6.45) is 10.5. The minimum Gasteiger partial charge on any atom is -0.462 e. The first-order valence-corrected chi connectivity index (χ1v) is 11.6. The van der Waals surface area contributed by atoms with E-state index in [1.807, 2.05) is 0 Å². The molecule has 0 radical (unpaired) electrons. The van der Waals surface area contributed by atoms with Crippen molar-refractivity contribution in [3.05, 3.63) is 12.2 Å². The minimum atomic E-state index is -2.38. The van der Waals surface area contributed by atoms with E-state index in [0.717, 1.165) is 25.3 Å². The van der Waals surface area contributed by atoms with Gasteiger partial charge in [-0.3, -0.25) is 0 Å². The van der Waals surface area contributed by atoms with Gasteiger partial charge in [0.15, 0.2) is 0 Å². The monoisotopic (exact) mass is 364 g/mol. The molecule has 0 heterocycles. The number of carbonyl (C=O) groups is 1. The lowest BCUT2D eigenvalue weighted by Crippen LogP contribution is -2.32. The van der Waals surface area contributed by atoms with Gasteiger partial charge in [-0.05, 0) is 13.3 Å².